The third-order valence-corrected chi connectivity index (χ3v) is 2.09. The molecule has 0 fully saturated rings. The van der Waals surface area contributed by atoms with E-state index in [0.29, 0.717) is 0 Å². The minimum atomic E-state index is 1.12. The van der Waals surface area contributed by atoms with Gasteiger partial charge in [0.1, 0.15) is 0 Å². The molecule has 0 bridgehead atoms. The first kappa shape index (κ1) is 11.2. The third kappa shape index (κ3) is 3.40. The van der Waals surface area contributed by atoms with Gasteiger partial charge in [0, 0.05) is 37.7 Å². The number of anilines is 2. The average molecular weight is 200 g/mol. The van der Waals surface area contributed by atoms with Crippen LogP contribution in [0.15, 0.2) is 36.5 Å². The SMILES string of the molecule is CC#C/C=C\N(C)c1ccc(NC)cc1. The van der Waals surface area contributed by atoms with Crippen LogP contribution in [0.5, 0.6) is 0 Å². The van der Waals surface area contributed by atoms with Gasteiger partial charge in [-0.3, -0.25) is 0 Å². The molecule has 1 aromatic carbocycles. The second kappa shape index (κ2) is 5.77. The van der Waals surface area contributed by atoms with Crippen LogP contribution < -0.4 is 10.2 Å². The molecular weight excluding hydrogens is 184 g/mol. The Kier molecular flexibility index (Phi) is 4.30. The number of hydrogen-bond donors (Lipinski definition) is 1. The number of allylic oxidation sites excluding steroid dienone is 1. The highest BCUT2D eigenvalue weighted by molar-refractivity contribution is 5.56. The zero-order valence-corrected chi connectivity index (χ0v) is 9.41. The first-order chi connectivity index (χ1) is 7.27. The second-order valence-corrected chi connectivity index (χ2v) is 3.12. The van der Waals surface area contributed by atoms with Gasteiger partial charge in [0.2, 0.25) is 0 Å². The first-order valence-corrected chi connectivity index (χ1v) is 4.87. The van der Waals surface area contributed by atoms with Crippen molar-refractivity contribution in [3.05, 3.63) is 36.5 Å². The molecular formula is C13H16N2. The van der Waals surface area contributed by atoms with Crippen molar-refractivity contribution in [2.24, 2.45) is 0 Å². The summed E-state index contributed by atoms with van der Waals surface area (Å²) in [6, 6.07) is 8.22. The third-order valence-electron chi connectivity index (χ3n) is 2.09. The molecule has 1 N–H and O–H groups in total. The van der Waals surface area contributed by atoms with Crippen molar-refractivity contribution in [3.8, 4) is 11.8 Å². The van der Waals surface area contributed by atoms with Crippen molar-refractivity contribution in [1.29, 1.82) is 0 Å². The van der Waals surface area contributed by atoms with Crippen LogP contribution in [0, 0.1) is 11.8 Å². The van der Waals surface area contributed by atoms with Gasteiger partial charge >= 0.3 is 0 Å². The van der Waals surface area contributed by atoms with Crippen molar-refractivity contribution in [3.63, 3.8) is 0 Å². The lowest BCUT2D eigenvalue weighted by Crippen LogP contribution is -2.07. The van der Waals surface area contributed by atoms with Gasteiger partial charge in [0.25, 0.3) is 0 Å². The van der Waals surface area contributed by atoms with E-state index in [9.17, 15) is 0 Å². The molecule has 78 valence electrons. The molecule has 0 atom stereocenters. The quantitative estimate of drug-likeness (QED) is 0.755. The molecule has 0 heterocycles. The van der Waals surface area contributed by atoms with Crippen LogP contribution in [-0.4, -0.2) is 14.1 Å². The predicted molar refractivity (Wildman–Crippen MR) is 67.0 cm³/mol. The molecule has 0 aromatic heterocycles. The van der Waals surface area contributed by atoms with Gasteiger partial charge in [0.05, 0.1) is 0 Å². The Morgan fingerprint density at radius 2 is 1.93 bits per heavy atom. The maximum Gasteiger partial charge on any atom is 0.0405 e. The van der Waals surface area contributed by atoms with Crippen molar-refractivity contribution in [2.75, 3.05) is 24.3 Å². The largest absolute Gasteiger partial charge is 0.388 e. The smallest absolute Gasteiger partial charge is 0.0405 e. The van der Waals surface area contributed by atoms with Crippen LogP contribution in [0.25, 0.3) is 0 Å². The Bertz CT molecular complexity index is 379. The Labute approximate surface area is 91.6 Å². The molecule has 0 unspecified atom stereocenters. The van der Waals surface area contributed by atoms with Crippen molar-refractivity contribution in [1.82, 2.24) is 0 Å². The van der Waals surface area contributed by atoms with E-state index < -0.39 is 0 Å². The molecule has 1 rings (SSSR count). The van der Waals surface area contributed by atoms with Crippen LogP contribution in [-0.2, 0) is 0 Å². The molecule has 0 saturated carbocycles. The van der Waals surface area contributed by atoms with E-state index in [4.69, 9.17) is 0 Å². The van der Waals surface area contributed by atoms with E-state index in [1.807, 2.05) is 50.3 Å². The number of benzene rings is 1. The Morgan fingerprint density at radius 3 is 2.47 bits per heavy atom. The minimum absolute atomic E-state index is 1.12. The molecule has 0 radical (unpaired) electrons. The number of rotatable bonds is 3. The fourth-order valence-corrected chi connectivity index (χ4v) is 1.18. The second-order valence-electron chi connectivity index (χ2n) is 3.12. The number of nitrogens with one attached hydrogen (secondary N) is 1. The van der Waals surface area contributed by atoms with E-state index in [2.05, 4.69) is 29.3 Å². The fraction of sp³-hybridized carbons (Fsp3) is 0.231. The van der Waals surface area contributed by atoms with Gasteiger partial charge in [-0.1, -0.05) is 5.92 Å². The van der Waals surface area contributed by atoms with Gasteiger partial charge in [-0.05, 0) is 31.2 Å². The topological polar surface area (TPSA) is 15.3 Å². The van der Waals surface area contributed by atoms with Gasteiger partial charge < -0.3 is 10.2 Å². The van der Waals surface area contributed by atoms with Gasteiger partial charge in [-0.15, -0.1) is 5.92 Å². The summed E-state index contributed by atoms with van der Waals surface area (Å²) < 4.78 is 0. The number of hydrogen-bond acceptors (Lipinski definition) is 2. The highest BCUT2D eigenvalue weighted by Gasteiger charge is 1.95. The van der Waals surface area contributed by atoms with E-state index >= 15 is 0 Å². The summed E-state index contributed by atoms with van der Waals surface area (Å²) in [5, 5.41) is 3.09. The molecule has 15 heavy (non-hydrogen) atoms. The summed E-state index contributed by atoms with van der Waals surface area (Å²) in [6.45, 7) is 1.83. The summed E-state index contributed by atoms with van der Waals surface area (Å²) in [7, 11) is 3.91. The van der Waals surface area contributed by atoms with Crippen molar-refractivity contribution >= 4 is 11.4 Å². The monoisotopic (exact) mass is 200 g/mol. The molecule has 0 saturated heterocycles. The van der Waals surface area contributed by atoms with Crippen LogP contribution in [0.2, 0.25) is 0 Å². The normalized spacial score (nSPS) is 9.53. The Morgan fingerprint density at radius 1 is 1.27 bits per heavy atom. The van der Waals surface area contributed by atoms with Crippen LogP contribution in [0.3, 0.4) is 0 Å². The summed E-state index contributed by atoms with van der Waals surface area (Å²) in [6.07, 6.45) is 3.79. The van der Waals surface area contributed by atoms with Gasteiger partial charge in [-0.25, -0.2) is 0 Å². The maximum atomic E-state index is 3.09. The summed E-state index contributed by atoms with van der Waals surface area (Å²) in [5.74, 6) is 5.71. The lowest BCUT2D eigenvalue weighted by Gasteiger charge is -2.13. The first-order valence-electron chi connectivity index (χ1n) is 4.87. The molecule has 1 aromatic rings. The highest BCUT2D eigenvalue weighted by Crippen LogP contribution is 2.16. The van der Waals surface area contributed by atoms with E-state index in [0.717, 1.165) is 11.4 Å². The zero-order valence-electron chi connectivity index (χ0n) is 9.41. The van der Waals surface area contributed by atoms with Gasteiger partial charge in [0.15, 0.2) is 0 Å². The predicted octanol–water partition coefficient (Wildman–Crippen LogP) is 2.70. The maximum absolute atomic E-state index is 3.09. The molecule has 0 spiro atoms. The van der Waals surface area contributed by atoms with Gasteiger partial charge in [-0.2, -0.15) is 0 Å². The Balaban J connectivity index is 2.72. The summed E-state index contributed by atoms with van der Waals surface area (Å²) >= 11 is 0. The lowest BCUT2D eigenvalue weighted by atomic mass is 10.2. The highest BCUT2D eigenvalue weighted by atomic mass is 15.1. The van der Waals surface area contributed by atoms with E-state index in [-0.39, 0.29) is 0 Å². The molecule has 0 aliphatic heterocycles. The minimum Gasteiger partial charge on any atom is -0.388 e. The van der Waals surface area contributed by atoms with Crippen molar-refractivity contribution < 1.29 is 0 Å². The zero-order chi connectivity index (χ0) is 11.1. The average Bonchev–Trinajstić information content (AvgIpc) is 2.29. The number of nitrogens with zero attached hydrogens (tertiary/aromatic N) is 1. The molecule has 0 aliphatic carbocycles. The Hall–Kier alpha value is -1.88. The van der Waals surface area contributed by atoms with E-state index in [1.54, 1.807) is 0 Å². The summed E-state index contributed by atoms with van der Waals surface area (Å²) in [5.41, 5.74) is 2.26. The van der Waals surface area contributed by atoms with E-state index in [1.165, 1.54) is 0 Å². The van der Waals surface area contributed by atoms with Crippen LogP contribution >= 0.6 is 0 Å². The molecule has 2 nitrogen and oxygen atoms in total. The van der Waals surface area contributed by atoms with Crippen molar-refractivity contribution in [2.45, 2.75) is 6.92 Å². The fourth-order valence-electron chi connectivity index (χ4n) is 1.18. The molecule has 2 heteroatoms. The standard InChI is InChI=1S/C13H16N2/c1-4-5-6-11-15(3)13-9-7-12(14-2)8-10-13/h6-11,14H,1-3H3/b11-6-. The molecule has 0 amide bonds. The van der Waals surface area contributed by atoms with Crippen LogP contribution in [0.1, 0.15) is 6.92 Å². The lowest BCUT2D eigenvalue weighted by molar-refractivity contribution is 1.20. The molecule has 0 aliphatic rings. The summed E-state index contributed by atoms with van der Waals surface area (Å²) in [4.78, 5) is 2.03. The van der Waals surface area contributed by atoms with Crippen LogP contribution in [0.4, 0.5) is 11.4 Å².